The first kappa shape index (κ1) is 11.7. The second-order valence-electron chi connectivity index (χ2n) is 1.88. The van der Waals surface area contributed by atoms with E-state index in [9.17, 15) is 20.2 Å². The molecule has 0 aliphatic rings. The summed E-state index contributed by atoms with van der Waals surface area (Å²) in [5.74, 6) is 0. The minimum Gasteiger partial charge on any atom is -0.312 e. The highest BCUT2D eigenvalue weighted by molar-refractivity contribution is 4.58. The van der Waals surface area contributed by atoms with Gasteiger partial charge in [-0.2, -0.15) is 0 Å². The number of hydrogen-bond donors (Lipinski definition) is 0. The summed E-state index contributed by atoms with van der Waals surface area (Å²) in [4.78, 5) is 29.6. The predicted molar refractivity (Wildman–Crippen MR) is 38.8 cm³/mol. The van der Waals surface area contributed by atoms with Crippen LogP contribution in [0.25, 0.3) is 10.4 Å². The van der Waals surface area contributed by atoms with E-state index >= 15 is 0 Å². The normalized spacial score (nSPS) is 10.9. The summed E-state index contributed by atoms with van der Waals surface area (Å²) < 4.78 is 0. The van der Waals surface area contributed by atoms with Gasteiger partial charge in [-0.25, -0.2) is 0 Å². The summed E-state index contributed by atoms with van der Waals surface area (Å²) in [7, 11) is 0. The maximum Gasteiger partial charge on any atom is 0.294 e. The lowest BCUT2D eigenvalue weighted by Crippen LogP contribution is -2.27. The predicted octanol–water partition coefficient (Wildman–Crippen LogP) is 0.0819. The van der Waals surface area contributed by atoms with Crippen LogP contribution in [0.5, 0.6) is 0 Å². The molecule has 0 saturated heterocycles. The first-order chi connectivity index (χ1) is 6.56. The van der Waals surface area contributed by atoms with Gasteiger partial charge in [0.1, 0.15) is 12.7 Å². The summed E-state index contributed by atoms with van der Waals surface area (Å²) in [6.45, 7) is -1.10. The number of nitrogens with zero attached hydrogens (tertiary/aromatic N) is 5. The zero-order chi connectivity index (χ0) is 11.0. The second kappa shape index (κ2) is 6.25. The number of hydrogen-bond acceptors (Lipinski definition) is 7. The van der Waals surface area contributed by atoms with E-state index in [0.29, 0.717) is 0 Å². The van der Waals surface area contributed by atoms with Crippen LogP contribution in [-0.4, -0.2) is 29.4 Å². The van der Waals surface area contributed by atoms with Gasteiger partial charge in [0.15, 0.2) is 0 Å². The Hall–Kier alpha value is -2.29. The molecule has 14 heavy (non-hydrogen) atoms. The standard InChI is InChI=1S/C3H5N5O6/c4-6-5-1-3(14-8(11)12)2-13-7(9)10/h3H,1-2H2. The first-order valence-electron chi connectivity index (χ1n) is 3.15. The highest BCUT2D eigenvalue weighted by atomic mass is 17.0. The molecule has 11 heteroatoms. The quantitative estimate of drug-likeness (QED) is 0.189. The zero-order valence-electron chi connectivity index (χ0n) is 6.68. The van der Waals surface area contributed by atoms with Crippen LogP contribution in [0.2, 0.25) is 0 Å². The molecule has 11 nitrogen and oxygen atoms in total. The van der Waals surface area contributed by atoms with Crippen LogP contribution < -0.4 is 0 Å². The SMILES string of the molecule is [N-]=[N+]=NCC(CO[N+](=O)[O-])O[N+](=O)[O-]. The lowest BCUT2D eigenvalue weighted by molar-refractivity contribution is -0.789. The lowest BCUT2D eigenvalue weighted by Gasteiger charge is -2.09. The van der Waals surface area contributed by atoms with Gasteiger partial charge in [-0.15, -0.1) is 20.2 Å². The molecular weight excluding hydrogens is 202 g/mol. The van der Waals surface area contributed by atoms with E-state index in [2.05, 4.69) is 19.7 Å². The van der Waals surface area contributed by atoms with E-state index in [4.69, 9.17) is 5.53 Å². The smallest absolute Gasteiger partial charge is 0.294 e. The first-order valence-corrected chi connectivity index (χ1v) is 3.15. The summed E-state index contributed by atoms with van der Waals surface area (Å²) in [6.07, 6.45) is -1.29. The van der Waals surface area contributed by atoms with Crippen LogP contribution in [0, 0.1) is 20.2 Å². The van der Waals surface area contributed by atoms with E-state index in [0.717, 1.165) is 0 Å². The molecule has 0 spiro atoms. The molecule has 0 saturated carbocycles. The van der Waals surface area contributed by atoms with Gasteiger partial charge in [0, 0.05) is 4.91 Å². The Morgan fingerprint density at radius 1 is 1.43 bits per heavy atom. The lowest BCUT2D eigenvalue weighted by atomic mass is 10.4. The molecule has 1 unspecified atom stereocenters. The van der Waals surface area contributed by atoms with Gasteiger partial charge in [0.05, 0.1) is 6.54 Å². The Balaban J connectivity index is 4.02. The maximum atomic E-state index is 9.84. The van der Waals surface area contributed by atoms with E-state index < -0.39 is 29.4 Å². The summed E-state index contributed by atoms with van der Waals surface area (Å²) in [5, 5.41) is 20.2. The number of rotatable bonds is 7. The third-order valence-corrected chi connectivity index (χ3v) is 0.950. The van der Waals surface area contributed by atoms with Gasteiger partial charge in [-0.05, 0) is 5.53 Å². The van der Waals surface area contributed by atoms with Gasteiger partial charge in [-0.1, -0.05) is 5.11 Å². The fourth-order valence-electron chi connectivity index (χ4n) is 0.510. The van der Waals surface area contributed by atoms with Crippen molar-refractivity contribution in [1.82, 2.24) is 0 Å². The fourth-order valence-corrected chi connectivity index (χ4v) is 0.510. The molecule has 0 heterocycles. The Bertz CT molecular complexity index is 256. The molecule has 1 atom stereocenters. The molecule has 0 N–H and O–H groups in total. The monoisotopic (exact) mass is 207 g/mol. The largest absolute Gasteiger partial charge is 0.312 e. The molecule has 0 fully saturated rings. The van der Waals surface area contributed by atoms with Crippen molar-refractivity contribution in [3.63, 3.8) is 0 Å². The topological polar surface area (TPSA) is 154 Å². The Labute approximate surface area is 76.0 Å². The second-order valence-corrected chi connectivity index (χ2v) is 1.88. The molecule has 0 amide bonds. The zero-order valence-corrected chi connectivity index (χ0v) is 6.68. The Morgan fingerprint density at radius 3 is 2.50 bits per heavy atom. The van der Waals surface area contributed by atoms with Crippen LogP contribution in [0.4, 0.5) is 0 Å². The average Bonchev–Trinajstić information content (AvgIpc) is 2.09. The average molecular weight is 207 g/mol. The van der Waals surface area contributed by atoms with Crippen LogP contribution >= 0.6 is 0 Å². The summed E-state index contributed by atoms with van der Waals surface area (Å²) in [5.41, 5.74) is 7.88. The van der Waals surface area contributed by atoms with E-state index in [-0.39, 0.29) is 0 Å². The van der Waals surface area contributed by atoms with Crippen LogP contribution in [-0.2, 0) is 9.68 Å². The van der Waals surface area contributed by atoms with E-state index in [1.165, 1.54) is 0 Å². The van der Waals surface area contributed by atoms with Crippen LogP contribution in [0.3, 0.4) is 0 Å². The third kappa shape index (κ3) is 6.42. The van der Waals surface area contributed by atoms with Gasteiger partial charge in [0.2, 0.25) is 0 Å². The van der Waals surface area contributed by atoms with Crippen LogP contribution in [0.1, 0.15) is 0 Å². The van der Waals surface area contributed by atoms with Crippen LogP contribution in [0.15, 0.2) is 5.11 Å². The van der Waals surface area contributed by atoms with Gasteiger partial charge in [-0.3, -0.25) is 0 Å². The Kier molecular flexibility index (Phi) is 5.23. The minimum atomic E-state index is -1.29. The molecule has 0 aromatic heterocycles. The molecule has 78 valence electrons. The highest BCUT2D eigenvalue weighted by Gasteiger charge is 2.14. The van der Waals surface area contributed by atoms with Gasteiger partial charge >= 0.3 is 0 Å². The van der Waals surface area contributed by atoms with Gasteiger partial charge in [0.25, 0.3) is 10.2 Å². The molecule has 0 aromatic rings. The van der Waals surface area contributed by atoms with Crippen molar-refractivity contribution in [1.29, 1.82) is 0 Å². The van der Waals surface area contributed by atoms with Crippen molar-refractivity contribution < 1.29 is 19.8 Å². The van der Waals surface area contributed by atoms with Crippen molar-refractivity contribution in [3.8, 4) is 0 Å². The summed E-state index contributed by atoms with van der Waals surface area (Å²) >= 11 is 0. The third-order valence-electron chi connectivity index (χ3n) is 0.950. The van der Waals surface area contributed by atoms with Crippen molar-refractivity contribution in [3.05, 3.63) is 30.7 Å². The fraction of sp³-hybridized carbons (Fsp3) is 1.00. The maximum absolute atomic E-state index is 9.84. The summed E-state index contributed by atoms with van der Waals surface area (Å²) in [6, 6.07) is 0. The molecule has 0 rings (SSSR count). The van der Waals surface area contributed by atoms with Crippen molar-refractivity contribution in [2.45, 2.75) is 6.10 Å². The highest BCUT2D eigenvalue weighted by Crippen LogP contribution is 1.95. The molecule has 0 radical (unpaired) electrons. The van der Waals surface area contributed by atoms with Crippen molar-refractivity contribution >= 4 is 0 Å². The molecular formula is C3H5N5O6. The molecule has 0 aromatic carbocycles. The minimum absolute atomic E-state index is 0.425. The molecule has 0 aliphatic heterocycles. The van der Waals surface area contributed by atoms with Crippen molar-refractivity contribution in [2.75, 3.05) is 13.2 Å². The van der Waals surface area contributed by atoms with Gasteiger partial charge < -0.3 is 9.68 Å². The molecule has 0 bridgehead atoms. The van der Waals surface area contributed by atoms with E-state index in [1.807, 2.05) is 0 Å². The Morgan fingerprint density at radius 2 is 2.07 bits per heavy atom. The molecule has 0 aliphatic carbocycles. The van der Waals surface area contributed by atoms with E-state index in [1.54, 1.807) is 0 Å². The number of azide groups is 1. The van der Waals surface area contributed by atoms with Crippen molar-refractivity contribution in [2.24, 2.45) is 5.11 Å².